The maximum Gasteiger partial charge on any atom is 0.305 e. The summed E-state index contributed by atoms with van der Waals surface area (Å²) in [5.41, 5.74) is 4.52. The van der Waals surface area contributed by atoms with Gasteiger partial charge in [0.1, 0.15) is 6.10 Å². The predicted molar refractivity (Wildman–Crippen MR) is 64.5 cm³/mol. The van der Waals surface area contributed by atoms with Gasteiger partial charge in [-0.15, -0.1) is 0 Å². The lowest BCUT2D eigenvalue weighted by Crippen LogP contribution is -2.40. The zero-order chi connectivity index (χ0) is 15.4. The lowest BCUT2D eigenvalue weighted by molar-refractivity contribution is -0.123. The molecule has 114 valence electrons. The third-order valence-corrected chi connectivity index (χ3v) is 3.29. The van der Waals surface area contributed by atoms with E-state index in [1.54, 1.807) is 0 Å². The van der Waals surface area contributed by atoms with Crippen LogP contribution in [0.15, 0.2) is 11.1 Å². The number of nitrogens with zero attached hydrogens (tertiary/aromatic N) is 3. The number of rotatable bonds is 2. The van der Waals surface area contributed by atoms with Crippen molar-refractivity contribution in [1.29, 1.82) is 0 Å². The first-order valence-corrected chi connectivity index (χ1v) is 5.90. The summed E-state index contributed by atoms with van der Waals surface area (Å²) in [5, 5.41) is 18.6. The first-order valence-electron chi connectivity index (χ1n) is 5.90. The molecular weight excluding hydrogens is 292 g/mol. The standard InChI is InChI=1S/C10H11F2N5O4/c11-10(12)3(1-18)21-8(5(10)19)17-2-14-4-6(17)15-9(13)16-7(4)20/h2-3,5,8,18-19H,1H2,(H3,13,15,16,20)/t3-,5+,8-/m1/s1. The second kappa shape index (κ2) is 4.44. The molecule has 0 unspecified atom stereocenters. The summed E-state index contributed by atoms with van der Waals surface area (Å²) in [5.74, 6) is -3.88. The van der Waals surface area contributed by atoms with Gasteiger partial charge in [-0.2, -0.15) is 4.98 Å². The number of hydrogen-bond donors (Lipinski definition) is 4. The molecule has 0 amide bonds. The molecule has 3 heterocycles. The van der Waals surface area contributed by atoms with Crippen LogP contribution in [0.4, 0.5) is 14.7 Å². The highest BCUT2D eigenvalue weighted by Crippen LogP contribution is 2.41. The van der Waals surface area contributed by atoms with E-state index in [0.29, 0.717) is 0 Å². The van der Waals surface area contributed by atoms with E-state index in [1.807, 2.05) is 0 Å². The molecule has 1 aliphatic heterocycles. The maximum absolute atomic E-state index is 13.7. The number of fused-ring (bicyclic) bond motifs is 1. The van der Waals surface area contributed by atoms with E-state index in [2.05, 4.69) is 15.0 Å². The fourth-order valence-electron chi connectivity index (χ4n) is 2.23. The topological polar surface area (TPSA) is 139 Å². The highest BCUT2D eigenvalue weighted by atomic mass is 19.3. The van der Waals surface area contributed by atoms with E-state index in [4.69, 9.17) is 15.6 Å². The number of aromatic nitrogens is 4. The van der Waals surface area contributed by atoms with Gasteiger partial charge in [-0.25, -0.2) is 13.8 Å². The number of alkyl halides is 2. The highest BCUT2D eigenvalue weighted by Gasteiger charge is 2.59. The number of aliphatic hydroxyl groups excluding tert-OH is 2. The molecular formula is C10H11F2N5O4. The van der Waals surface area contributed by atoms with Crippen molar-refractivity contribution >= 4 is 17.1 Å². The van der Waals surface area contributed by atoms with Crippen LogP contribution in [0.1, 0.15) is 6.23 Å². The Morgan fingerprint density at radius 3 is 2.90 bits per heavy atom. The van der Waals surface area contributed by atoms with Crippen LogP contribution in [0, 0.1) is 0 Å². The van der Waals surface area contributed by atoms with Gasteiger partial charge in [0, 0.05) is 0 Å². The van der Waals surface area contributed by atoms with Crippen LogP contribution >= 0.6 is 0 Å². The number of halogens is 2. The number of nitrogens with two attached hydrogens (primary N) is 1. The van der Waals surface area contributed by atoms with Gasteiger partial charge in [-0.05, 0) is 0 Å². The summed E-state index contributed by atoms with van der Waals surface area (Å²) in [6, 6.07) is 0. The average Bonchev–Trinajstić information content (AvgIpc) is 2.91. The van der Waals surface area contributed by atoms with Crippen molar-refractivity contribution < 1.29 is 23.7 Å². The molecule has 0 aliphatic carbocycles. The number of nitrogen functional groups attached to an aromatic ring is 1. The number of H-pyrrole nitrogens is 1. The van der Waals surface area contributed by atoms with Crippen molar-refractivity contribution in [1.82, 2.24) is 19.5 Å². The average molecular weight is 303 g/mol. The summed E-state index contributed by atoms with van der Waals surface area (Å²) >= 11 is 0. The van der Waals surface area contributed by atoms with Gasteiger partial charge in [-0.3, -0.25) is 14.3 Å². The molecule has 1 saturated heterocycles. The summed E-state index contributed by atoms with van der Waals surface area (Å²) in [6.07, 6.45) is -4.60. The molecule has 9 nitrogen and oxygen atoms in total. The van der Waals surface area contributed by atoms with E-state index in [9.17, 15) is 18.7 Å². The Labute approximate surface area is 115 Å². The van der Waals surface area contributed by atoms with Crippen LogP contribution in [0.25, 0.3) is 11.2 Å². The van der Waals surface area contributed by atoms with Gasteiger partial charge >= 0.3 is 5.92 Å². The van der Waals surface area contributed by atoms with Crippen LogP contribution in [0.3, 0.4) is 0 Å². The van der Waals surface area contributed by atoms with Gasteiger partial charge < -0.3 is 20.7 Å². The quantitative estimate of drug-likeness (QED) is 0.534. The van der Waals surface area contributed by atoms with Crippen LogP contribution < -0.4 is 11.3 Å². The molecule has 0 saturated carbocycles. The van der Waals surface area contributed by atoms with Crippen LogP contribution in [0.2, 0.25) is 0 Å². The predicted octanol–water partition coefficient (Wildman–Crippen LogP) is -1.41. The number of nitrogens with one attached hydrogen (secondary N) is 1. The van der Waals surface area contributed by atoms with E-state index < -0.39 is 36.5 Å². The van der Waals surface area contributed by atoms with Crippen molar-refractivity contribution in [2.45, 2.75) is 24.4 Å². The molecule has 3 rings (SSSR count). The smallest absolute Gasteiger partial charge is 0.305 e. The lowest BCUT2D eigenvalue weighted by Gasteiger charge is -2.18. The molecule has 1 aliphatic rings. The normalized spacial score (nSPS) is 28.3. The Hall–Kier alpha value is -2.11. The van der Waals surface area contributed by atoms with Gasteiger partial charge in [0.2, 0.25) is 5.95 Å². The van der Waals surface area contributed by atoms with Crippen LogP contribution in [0.5, 0.6) is 0 Å². The number of aliphatic hydroxyl groups is 2. The first kappa shape index (κ1) is 13.9. The largest absolute Gasteiger partial charge is 0.393 e. The van der Waals surface area contributed by atoms with E-state index in [0.717, 1.165) is 10.9 Å². The minimum absolute atomic E-state index is 0.102. The molecule has 21 heavy (non-hydrogen) atoms. The van der Waals surface area contributed by atoms with E-state index in [1.165, 1.54) is 0 Å². The number of imidazole rings is 1. The van der Waals surface area contributed by atoms with E-state index >= 15 is 0 Å². The molecule has 0 bridgehead atoms. The third kappa shape index (κ3) is 1.89. The zero-order valence-corrected chi connectivity index (χ0v) is 10.4. The Morgan fingerprint density at radius 2 is 2.29 bits per heavy atom. The van der Waals surface area contributed by atoms with E-state index in [-0.39, 0.29) is 17.1 Å². The minimum atomic E-state index is -3.65. The molecule has 0 spiro atoms. The summed E-state index contributed by atoms with van der Waals surface area (Å²) < 4.78 is 33.4. The minimum Gasteiger partial charge on any atom is -0.393 e. The van der Waals surface area contributed by atoms with Crippen molar-refractivity contribution in [3.05, 3.63) is 16.7 Å². The Kier molecular flexibility index (Phi) is 2.93. The maximum atomic E-state index is 13.7. The molecule has 5 N–H and O–H groups in total. The molecule has 0 radical (unpaired) electrons. The lowest BCUT2D eigenvalue weighted by atomic mass is 10.1. The monoisotopic (exact) mass is 303 g/mol. The number of ether oxygens (including phenoxy) is 1. The highest BCUT2D eigenvalue weighted by molar-refractivity contribution is 5.70. The Morgan fingerprint density at radius 1 is 1.57 bits per heavy atom. The molecule has 0 aromatic carbocycles. The van der Waals surface area contributed by atoms with Gasteiger partial charge in [0.25, 0.3) is 5.56 Å². The van der Waals surface area contributed by atoms with Crippen molar-refractivity contribution in [2.24, 2.45) is 0 Å². The van der Waals surface area contributed by atoms with Crippen molar-refractivity contribution in [3.8, 4) is 0 Å². The van der Waals surface area contributed by atoms with Crippen LogP contribution in [-0.4, -0.2) is 54.5 Å². The number of hydrogen-bond acceptors (Lipinski definition) is 7. The van der Waals surface area contributed by atoms with Gasteiger partial charge in [0.15, 0.2) is 23.5 Å². The number of anilines is 1. The molecule has 3 atom stereocenters. The molecule has 1 fully saturated rings. The SMILES string of the molecule is Nc1nc2c(ncn2[C@@H]2O[C@H](CO)C(F)(F)[C@H]2O)c(=O)[nH]1. The molecule has 2 aromatic heterocycles. The Bertz CT molecular complexity index is 745. The Balaban J connectivity index is 2.12. The first-order chi connectivity index (χ1) is 9.86. The second-order valence-electron chi connectivity index (χ2n) is 4.59. The summed E-state index contributed by atoms with van der Waals surface area (Å²) in [6.45, 7) is -0.969. The zero-order valence-electron chi connectivity index (χ0n) is 10.4. The fourth-order valence-corrected chi connectivity index (χ4v) is 2.23. The van der Waals surface area contributed by atoms with Gasteiger partial charge in [0.05, 0.1) is 12.9 Å². The van der Waals surface area contributed by atoms with Crippen molar-refractivity contribution in [2.75, 3.05) is 12.3 Å². The fraction of sp³-hybridized carbons (Fsp3) is 0.500. The molecule has 11 heteroatoms. The van der Waals surface area contributed by atoms with Gasteiger partial charge in [-0.1, -0.05) is 0 Å². The third-order valence-electron chi connectivity index (χ3n) is 3.29. The summed E-state index contributed by atoms with van der Waals surface area (Å²) in [4.78, 5) is 21.4. The van der Waals surface area contributed by atoms with Crippen molar-refractivity contribution in [3.63, 3.8) is 0 Å². The number of aromatic amines is 1. The summed E-state index contributed by atoms with van der Waals surface area (Å²) in [7, 11) is 0. The second-order valence-corrected chi connectivity index (χ2v) is 4.59. The van der Waals surface area contributed by atoms with Crippen LogP contribution in [-0.2, 0) is 4.74 Å². The molecule has 2 aromatic rings.